The molecular formula is C22H29N3O4. The zero-order chi connectivity index (χ0) is 21.1. The Morgan fingerprint density at radius 2 is 1.79 bits per heavy atom. The average Bonchev–Trinajstić information content (AvgIpc) is 2.73. The van der Waals surface area contributed by atoms with Crippen molar-refractivity contribution in [3.05, 3.63) is 54.1 Å². The van der Waals surface area contributed by atoms with Crippen LogP contribution in [0.15, 0.2) is 48.5 Å². The van der Waals surface area contributed by atoms with Crippen LogP contribution in [0.3, 0.4) is 0 Å². The molecule has 0 aliphatic carbocycles. The number of anilines is 2. The van der Waals surface area contributed by atoms with E-state index in [-0.39, 0.29) is 24.4 Å². The van der Waals surface area contributed by atoms with E-state index < -0.39 is 0 Å². The lowest BCUT2D eigenvalue weighted by molar-refractivity contribution is -0.114. The summed E-state index contributed by atoms with van der Waals surface area (Å²) in [6.07, 6.45) is 0.864. The number of rotatable bonds is 11. The lowest BCUT2D eigenvalue weighted by atomic mass is 10.1. The average molecular weight is 399 g/mol. The number of carbonyl (C=O) groups excluding carboxylic acids is 2. The zero-order valence-corrected chi connectivity index (χ0v) is 17.2. The fourth-order valence-corrected chi connectivity index (χ4v) is 2.47. The van der Waals surface area contributed by atoms with E-state index >= 15 is 0 Å². The molecule has 0 fully saturated rings. The summed E-state index contributed by atoms with van der Waals surface area (Å²) < 4.78 is 10.5. The van der Waals surface area contributed by atoms with Crippen molar-refractivity contribution in [2.45, 2.75) is 26.3 Å². The van der Waals surface area contributed by atoms with Gasteiger partial charge in [0.1, 0.15) is 12.4 Å². The molecule has 0 bridgehead atoms. The van der Waals surface area contributed by atoms with Gasteiger partial charge in [-0.05, 0) is 43.7 Å². The molecule has 156 valence electrons. The van der Waals surface area contributed by atoms with Crippen LogP contribution in [-0.4, -0.2) is 44.7 Å². The topological polar surface area (TPSA) is 88.7 Å². The van der Waals surface area contributed by atoms with E-state index in [4.69, 9.17) is 9.47 Å². The molecule has 3 N–H and O–H groups in total. The molecule has 29 heavy (non-hydrogen) atoms. The highest BCUT2D eigenvalue weighted by atomic mass is 16.5. The van der Waals surface area contributed by atoms with Gasteiger partial charge in [0.25, 0.3) is 5.91 Å². The molecule has 2 aromatic carbocycles. The quantitative estimate of drug-likeness (QED) is 0.505. The Bertz CT molecular complexity index is 810. The van der Waals surface area contributed by atoms with Crippen LogP contribution in [0.1, 0.15) is 30.6 Å². The minimum atomic E-state index is -0.200. The SMILES string of the molecule is CCC(C)NC(=O)c1cccc(NCC(=O)Nc2cccc(OCCOC)c2)c1. The third-order valence-electron chi connectivity index (χ3n) is 4.24. The molecule has 7 nitrogen and oxygen atoms in total. The van der Waals surface area contributed by atoms with Crippen LogP contribution in [0, 0.1) is 0 Å². The van der Waals surface area contributed by atoms with Crippen molar-refractivity contribution in [2.75, 3.05) is 37.5 Å². The maximum absolute atomic E-state index is 12.2. The second-order valence-corrected chi connectivity index (χ2v) is 6.63. The Labute approximate surface area is 171 Å². The van der Waals surface area contributed by atoms with Gasteiger partial charge in [0.2, 0.25) is 5.91 Å². The Morgan fingerprint density at radius 1 is 1.03 bits per heavy atom. The van der Waals surface area contributed by atoms with Gasteiger partial charge < -0.3 is 25.4 Å². The Kier molecular flexibility index (Phi) is 8.98. The summed E-state index contributed by atoms with van der Waals surface area (Å²) in [7, 11) is 1.61. The van der Waals surface area contributed by atoms with E-state index in [0.29, 0.717) is 35.9 Å². The van der Waals surface area contributed by atoms with Crippen molar-refractivity contribution < 1.29 is 19.1 Å². The molecule has 0 heterocycles. The standard InChI is InChI=1S/C22H29N3O4/c1-4-16(2)24-22(27)17-7-5-8-18(13-17)23-15-21(26)25-19-9-6-10-20(14-19)29-12-11-28-3/h5-10,13-14,16,23H,4,11-12,15H2,1-3H3,(H,24,27)(H,25,26). The number of benzene rings is 2. The molecule has 2 aromatic rings. The fourth-order valence-electron chi connectivity index (χ4n) is 2.47. The highest BCUT2D eigenvalue weighted by Gasteiger charge is 2.09. The largest absolute Gasteiger partial charge is 0.491 e. The van der Waals surface area contributed by atoms with E-state index in [1.54, 1.807) is 37.4 Å². The lowest BCUT2D eigenvalue weighted by Gasteiger charge is -2.13. The molecule has 1 unspecified atom stereocenters. The fraction of sp³-hybridized carbons (Fsp3) is 0.364. The first-order valence-electron chi connectivity index (χ1n) is 9.68. The minimum absolute atomic E-state index is 0.0746. The van der Waals surface area contributed by atoms with Gasteiger partial charge in [-0.15, -0.1) is 0 Å². The van der Waals surface area contributed by atoms with Gasteiger partial charge in [0.05, 0.1) is 13.2 Å². The van der Waals surface area contributed by atoms with E-state index in [0.717, 1.165) is 6.42 Å². The van der Waals surface area contributed by atoms with Gasteiger partial charge in [0, 0.05) is 36.2 Å². The lowest BCUT2D eigenvalue weighted by Crippen LogP contribution is -2.31. The molecule has 2 rings (SSSR count). The first kappa shape index (κ1) is 22.2. The predicted octanol–water partition coefficient (Wildman–Crippen LogP) is 3.29. The van der Waals surface area contributed by atoms with Crippen LogP contribution in [0.5, 0.6) is 5.75 Å². The van der Waals surface area contributed by atoms with E-state index in [1.807, 2.05) is 32.0 Å². The summed E-state index contributed by atoms with van der Waals surface area (Å²) in [6, 6.07) is 14.4. The number of nitrogens with one attached hydrogen (secondary N) is 3. The predicted molar refractivity (Wildman–Crippen MR) is 115 cm³/mol. The molecule has 1 atom stereocenters. The van der Waals surface area contributed by atoms with E-state index in [9.17, 15) is 9.59 Å². The van der Waals surface area contributed by atoms with Crippen molar-refractivity contribution in [3.8, 4) is 5.75 Å². The monoisotopic (exact) mass is 399 g/mol. The molecular weight excluding hydrogens is 370 g/mol. The van der Waals surface area contributed by atoms with Gasteiger partial charge in [-0.25, -0.2) is 0 Å². The van der Waals surface area contributed by atoms with Crippen LogP contribution < -0.4 is 20.7 Å². The van der Waals surface area contributed by atoms with Crippen LogP contribution in [0.2, 0.25) is 0 Å². The molecule has 0 radical (unpaired) electrons. The number of carbonyl (C=O) groups is 2. The maximum Gasteiger partial charge on any atom is 0.251 e. The molecule has 0 saturated carbocycles. The second-order valence-electron chi connectivity index (χ2n) is 6.63. The molecule has 0 aliphatic heterocycles. The first-order valence-corrected chi connectivity index (χ1v) is 9.68. The van der Waals surface area contributed by atoms with Gasteiger partial charge in [-0.1, -0.05) is 19.1 Å². The van der Waals surface area contributed by atoms with Crippen LogP contribution in [-0.2, 0) is 9.53 Å². The highest BCUT2D eigenvalue weighted by Crippen LogP contribution is 2.17. The van der Waals surface area contributed by atoms with E-state index in [2.05, 4.69) is 16.0 Å². The van der Waals surface area contributed by atoms with Crippen LogP contribution in [0.25, 0.3) is 0 Å². The van der Waals surface area contributed by atoms with Crippen LogP contribution >= 0.6 is 0 Å². The van der Waals surface area contributed by atoms with Crippen molar-refractivity contribution in [1.29, 1.82) is 0 Å². The maximum atomic E-state index is 12.2. The van der Waals surface area contributed by atoms with Gasteiger partial charge in [0.15, 0.2) is 0 Å². The van der Waals surface area contributed by atoms with Crippen molar-refractivity contribution in [2.24, 2.45) is 0 Å². The van der Waals surface area contributed by atoms with Gasteiger partial charge in [-0.3, -0.25) is 9.59 Å². The summed E-state index contributed by atoms with van der Waals surface area (Å²) in [5, 5.41) is 8.79. The third kappa shape index (κ3) is 7.83. The first-order chi connectivity index (χ1) is 14.0. The summed E-state index contributed by atoms with van der Waals surface area (Å²) in [5.74, 6) is 0.332. The third-order valence-corrected chi connectivity index (χ3v) is 4.24. The Balaban J connectivity index is 1.87. The van der Waals surface area contributed by atoms with Crippen LogP contribution in [0.4, 0.5) is 11.4 Å². The van der Waals surface area contributed by atoms with Crippen molar-refractivity contribution in [3.63, 3.8) is 0 Å². The van der Waals surface area contributed by atoms with Crippen molar-refractivity contribution >= 4 is 23.2 Å². The number of ether oxygens (including phenoxy) is 2. The molecule has 7 heteroatoms. The number of hydrogen-bond donors (Lipinski definition) is 3. The number of hydrogen-bond acceptors (Lipinski definition) is 5. The summed E-state index contributed by atoms with van der Waals surface area (Å²) in [5.41, 5.74) is 1.90. The van der Waals surface area contributed by atoms with E-state index in [1.165, 1.54) is 0 Å². The minimum Gasteiger partial charge on any atom is -0.491 e. The zero-order valence-electron chi connectivity index (χ0n) is 17.2. The Hall–Kier alpha value is -3.06. The van der Waals surface area contributed by atoms with Gasteiger partial charge in [-0.2, -0.15) is 0 Å². The van der Waals surface area contributed by atoms with Gasteiger partial charge >= 0.3 is 0 Å². The molecule has 0 aromatic heterocycles. The molecule has 0 aliphatic rings. The summed E-state index contributed by atoms with van der Waals surface area (Å²) in [6.45, 7) is 4.99. The summed E-state index contributed by atoms with van der Waals surface area (Å²) in [4.78, 5) is 24.5. The highest BCUT2D eigenvalue weighted by molar-refractivity contribution is 5.96. The Morgan fingerprint density at radius 3 is 2.55 bits per heavy atom. The molecule has 2 amide bonds. The number of amides is 2. The smallest absolute Gasteiger partial charge is 0.251 e. The number of methoxy groups -OCH3 is 1. The molecule has 0 spiro atoms. The molecule has 0 saturated heterocycles. The normalized spacial score (nSPS) is 11.4. The van der Waals surface area contributed by atoms with Crippen molar-refractivity contribution in [1.82, 2.24) is 5.32 Å². The second kappa shape index (κ2) is 11.7. The summed E-state index contributed by atoms with van der Waals surface area (Å²) >= 11 is 0.